The van der Waals surface area contributed by atoms with Crippen LogP contribution in [0.1, 0.15) is 31.1 Å². The molecule has 0 radical (unpaired) electrons. The van der Waals surface area contributed by atoms with E-state index in [0.717, 1.165) is 0 Å². The number of hydrogen-bond donors (Lipinski definition) is 0. The Morgan fingerprint density at radius 2 is 1.92 bits per heavy atom. The highest BCUT2D eigenvalue weighted by Crippen LogP contribution is 2.37. The van der Waals surface area contributed by atoms with Gasteiger partial charge in [0.1, 0.15) is 0 Å². The Morgan fingerprint density at radius 3 is 2.44 bits per heavy atom. The molecule has 0 amide bonds. The van der Waals surface area contributed by atoms with E-state index >= 15 is 0 Å². The van der Waals surface area contributed by atoms with Crippen molar-refractivity contribution < 1.29 is 17.6 Å². The monoisotopic (exact) mass is 447 g/mol. The van der Waals surface area contributed by atoms with E-state index < -0.39 is 18.3 Å². The number of carbonyl (C=O) groups is 1. The van der Waals surface area contributed by atoms with Crippen molar-refractivity contribution in [3.63, 3.8) is 0 Å². The first kappa shape index (κ1) is 20.8. The highest BCUT2D eigenvalue weighted by atomic mass is 79.9. The van der Waals surface area contributed by atoms with E-state index in [1.807, 2.05) is 0 Å². The summed E-state index contributed by atoms with van der Waals surface area (Å²) in [6, 6.07) is 4.66. The van der Waals surface area contributed by atoms with Crippen molar-refractivity contribution in [2.45, 2.75) is 43.8 Å². The van der Waals surface area contributed by atoms with Crippen molar-refractivity contribution >= 4 is 40.6 Å². The van der Waals surface area contributed by atoms with Gasteiger partial charge in [0.25, 0.3) is 0 Å². The van der Waals surface area contributed by atoms with Crippen LogP contribution in [0.3, 0.4) is 0 Å². The number of nitrogens with zero attached hydrogens (tertiary/aromatic N) is 1. The number of rotatable bonds is 6. The fourth-order valence-corrected chi connectivity index (χ4v) is 5.72. The molecule has 1 aromatic carbocycles. The molecule has 5 nitrogen and oxygen atoms in total. The Labute approximate surface area is 160 Å². The molecule has 2 rings (SSSR count). The van der Waals surface area contributed by atoms with Crippen LogP contribution in [0, 0.1) is 5.92 Å². The summed E-state index contributed by atoms with van der Waals surface area (Å²) in [7, 11) is -5.48. The molecular weight excluding hydrogens is 422 g/mol. The molecule has 0 saturated carbocycles. The summed E-state index contributed by atoms with van der Waals surface area (Å²) in [4.78, 5) is 11.2. The smallest absolute Gasteiger partial charge is 0.243 e. The third-order valence-corrected chi connectivity index (χ3v) is 12.0. The van der Waals surface area contributed by atoms with Crippen molar-refractivity contribution in [2.24, 2.45) is 5.92 Å². The first-order valence-electron chi connectivity index (χ1n) is 8.27. The van der Waals surface area contributed by atoms with Crippen molar-refractivity contribution in [1.29, 1.82) is 0 Å². The Balaban J connectivity index is 2.03. The van der Waals surface area contributed by atoms with Gasteiger partial charge in [-0.2, -0.15) is 4.31 Å². The molecule has 1 aromatic rings. The largest absolute Gasteiger partial charge is 0.416 e. The number of aldehydes is 1. The van der Waals surface area contributed by atoms with Gasteiger partial charge in [0.05, 0.1) is 4.90 Å². The quantitative estimate of drug-likeness (QED) is 0.489. The molecule has 1 aliphatic heterocycles. The molecule has 8 heteroatoms. The molecule has 1 heterocycles. The zero-order valence-corrected chi connectivity index (χ0v) is 18.8. The van der Waals surface area contributed by atoms with E-state index in [9.17, 15) is 13.2 Å². The van der Waals surface area contributed by atoms with Gasteiger partial charge in [-0.05, 0) is 36.3 Å². The van der Waals surface area contributed by atoms with Crippen LogP contribution in [-0.2, 0) is 14.4 Å². The number of sulfonamides is 1. The lowest BCUT2D eigenvalue weighted by molar-refractivity contribution is 0.111. The van der Waals surface area contributed by atoms with Gasteiger partial charge in [0, 0.05) is 35.7 Å². The van der Waals surface area contributed by atoms with Gasteiger partial charge in [0.2, 0.25) is 10.0 Å². The molecule has 0 atom stereocenters. The lowest BCUT2D eigenvalue weighted by Crippen LogP contribution is -2.53. The van der Waals surface area contributed by atoms with Gasteiger partial charge in [-0.1, -0.05) is 36.7 Å². The van der Waals surface area contributed by atoms with Gasteiger partial charge in [0.15, 0.2) is 14.6 Å². The minimum Gasteiger partial charge on any atom is -0.416 e. The van der Waals surface area contributed by atoms with E-state index in [1.165, 1.54) is 16.4 Å². The molecule has 1 fully saturated rings. The van der Waals surface area contributed by atoms with Crippen molar-refractivity contribution in [2.75, 3.05) is 19.7 Å². The number of hydrogen-bond acceptors (Lipinski definition) is 4. The lowest BCUT2D eigenvalue weighted by Gasteiger charge is -2.42. The summed E-state index contributed by atoms with van der Waals surface area (Å²) in [6.07, 6.45) is 0.581. The van der Waals surface area contributed by atoms with E-state index in [0.29, 0.717) is 30.5 Å². The van der Waals surface area contributed by atoms with Crippen LogP contribution in [0.25, 0.3) is 0 Å². The summed E-state index contributed by atoms with van der Waals surface area (Å²) in [6.45, 7) is 12.4. The zero-order chi connectivity index (χ0) is 19.0. The van der Waals surface area contributed by atoms with Crippen molar-refractivity contribution in [3.8, 4) is 0 Å². The topological polar surface area (TPSA) is 63.7 Å². The van der Waals surface area contributed by atoms with E-state index in [2.05, 4.69) is 49.8 Å². The van der Waals surface area contributed by atoms with Crippen LogP contribution in [0.15, 0.2) is 27.6 Å². The van der Waals surface area contributed by atoms with Crippen LogP contribution >= 0.6 is 15.9 Å². The Kier molecular flexibility index (Phi) is 6.00. The first-order valence-corrected chi connectivity index (χ1v) is 13.4. The third-order valence-electron chi connectivity index (χ3n) is 5.13. The summed E-state index contributed by atoms with van der Waals surface area (Å²) < 4.78 is 33.8. The predicted octanol–water partition coefficient (Wildman–Crippen LogP) is 3.90. The fraction of sp³-hybridized carbons (Fsp3) is 0.588. The third kappa shape index (κ3) is 4.42. The van der Waals surface area contributed by atoms with E-state index in [4.69, 9.17) is 4.43 Å². The second-order valence-corrected chi connectivity index (χ2v) is 15.7. The molecule has 140 valence electrons. The molecule has 0 unspecified atom stereocenters. The van der Waals surface area contributed by atoms with Crippen LogP contribution in [0.4, 0.5) is 0 Å². The SMILES string of the molecule is CC(C)(C)[Si](C)(C)OCC1CN(S(=O)(=O)c2cc(Br)ccc2C=O)C1. The van der Waals surface area contributed by atoms with Crippen LogP contribution in [0.5, 0.6) is 0 Å². The molecule has 0 aliphatic carbocycles. The number of benzene rings is 1. The van der Waals surface area contributed by atoms with Gasteiger partial charge in [-0.3, -0.25) is 4.79 Å². The summed E-state index contributed by atoms with van der Waals surface area (Å²) in [5.41, 5.74) is 0.184. The van der Waals surface area contributed by atoms with Gasteiger partial charge >= 0.3 is 0 Å². The zero-order valence-electron chi connectivity index (χ0n) is 15.4. The molecule has 1 saturated heterocycles. The number of halogens is 1. The molecular formula is C17H26BrNO4SSi. The Hall–Kier alpha value is -0.543. The second kappa shape index (κ2) is 7.23. The number of carbonyl (C=O) groups excluding carboxylic acids is 1. The van der Waals surface area contributed by atoms with Crippen molar-refractivity contribution in [1.82, 2.24) is 4.31 Å². The van der Waals surface area contributed by atoms with E-state index in [-0.39, 0.29) is 21.4 Å². The maximum absolute atomic E-state index is 12.8. The van der Waals surface area contributed by atoms with E-state index in [1.54, 1.807) is 6.07 Å². The van der Waals surface area contributed by atoms with Gasteiger partial charge < -0.3 is 4.43 Å². The molecule has 0 spiro atoms. The maximum atomic E-state index is 12.8. The summed E-state index contributed by atoms with van der Waals surface area (Å²) in [5, 5.41) is 0.137. The van der Waals surface area contributed by atoms with Crippen LogP contribution in [0.2, 0.25) is 18.1 Å². The highest BCUT2D eigenvalue weighted by molar-refractivity contribution is 9.10. The highest BCUT2D eigenvalue weighted by Gasteiger charge is 2.41. The van der Waals surface area contributed by atoms with Crippen LogP contribution in [-0.4, -0.2) is 47.0 Å². The molecule has 25 heavy (non-hydrogen) atoms. The molecule has 0 N–H and O–H groups in total. The first-order chi connectivity index (χ1) is 11.4. The molecule has 0 aromatic heterocycles. The average Bonchev–Trinajstić information content (AvgIpc) is 2.44. The van der Waals surface area contributed by atoms with Crippen molar-refractivity contribution in [3.05, 3.63) is 28.2 Å². The van der Waals surface area contributed by atoms with Gasteiger partial charge in [-0.25, -0.2) is 8.42 Å². The minimum absolute atomic E-state index is 0.0561. The molecule has 0 bridgehead atoms. The second-order valence-electron chi connectivity index (χ2n) is 8.06. The summed E-state index contributed by atoms with van der Waals surface area (Å²) in [5.74, 6) is 0.204. The minimum atomic E-state index is -3.65. The van der Waals surface area contributed by atoms with Gasteiger partial charge in [-0.15, -0.1) is 0 Å². The van der Waals surface area contributed by atoms with Crippen LogP contribution < -0.4 is 0 Å². The average molecular weight is 448 g/mol. The standard InChI is InChI=1S/C17H26BrNO4SSi/c1-17(2,3)25(4,5)23-12-13-9-19(10-13)24(21,22)16-8-15(18)7-6-14(16)11-20/h6-8,11,13H,9-10,12H2,1-5H3. The molecule has 1 aliphatic rings. The fourth-order valence-electron chi connectivity index (χ4n) is 2.33. The Morgan fingerprint density at radius 1 is 1.32 bits per heavy atom. The lowest BCUT2D eigenvalue weighted by atomic mass is 10.1. The predicted molar refractivity (Wildman–Crippen MR) is 105 cm³/mol. The Bertz CT molecular complexity index is 752. The maximum Gasteiger partial charge on any atom is 0.243 e. The summed E-state index contributed by atoms with van der Waals surface area (Å²) >= 11 is 3.27. The normalized spacial score (nSPS) is 17.4.